The van der Waals surface area contributed by atoms with Gasteiger partial charge in [-0.15, -0.1) is 16.4 Å². The molecule has 0 spiro atoms. The maximum Gasteiger partial charge on any atom is 0.279 e. The van der Waals surface area contributed by atoms with Crippen molar-refractivity contribution in [1.29, 1.82) is 0 Å². The van der Waals surface area contributed by atoms with Crippen molar-refractivity contribution >= 4 is 22.4 Å². The largest absolute Gasteiger partial charge is 0.317 e. The van der Waals surface area contributed by atoms with E-state index in [0.29, 0.717) is 22.8 Å². The fourth-order valence-corrected chi connectivity index (χ4v) is 3.22. The van der Waals surface area contributed by atoms with E-state index in [2.05, 4.69) is 39.8 Å². The maximum atomic E-state index is 12.2. The number of hydrogen-bond acceptors (Lipinski definition) is 6. The molecule has 0 aromatic carbocycles. The van der Waals surface area contributed by atoms with Gasteiger partial charge in [0.25, 0.3) is 5.91 Å². The Morgan fingerprint density at radius 3 is 2.91 bits per heavy atom. The molecule has 0 bridgehead atoms. The molecule has 7 nitrogen and oxygen atoms in total. The lowest BCUT2D eigenvalue weighted by Gasteiger charge is -2.21. The Balaban J connectivity index is 1.65. The molecule has 1 saturated heterocycles. The highest BCUT2D eigenvalue weighted by Gasteiger charge is 2.19. The van der Waals surface area contributed by atoms with Crippen LogP contribution < -0.4 is 10.6 Å². The first-order chi connectivity index (χ1) is 10.6. The second kappa shape index (κ2) is 6.53. The lowest BCUT2D eigenvalue weighted by atomic mass is 10.1. The fraction of sp³-hybridized carbons (Fsp3) is 0.571. The molecule has 3 heterocycles. The van der Waals surface area contributed by atoms with Gasteiger partial charge in [-0.25, -0.2) is 9.67 Å². The molecule has 22 heavy (non-hydrogen) atoms. The average Bonchev–Trinajstić information content (AvgIpc) is 3.17. The highest BCUT2D eigenvalue weighted by atomic mass is 32.1. The van der Waals surface area contributed by atoms with Crippen molar-refractivity contribution in [2.45, 2.75) is 38.6 Å². The molecule has 118 valence electrons. The van der Waals surface area contributed by atoms with Crippen molar-refractivity contribution in [3.05, 3.63) is 23.0 Å². The lowest BCUT2D eigenvalue weighted by molar-refractivity contribution is 0.102. The highest BCUT2D eigenvalue weighted by molar-refractivity contribution is 7.15. The van der Waals surface area contributed by atoms with Crippen LogP contribution in [0.15, 0.2) is 12.4 Å². The third-order valence-electron chi connectivity index (χ3n) is 3.74. The highest BCUT2D eigenvalue weighted by Crippen LogP contribution is 2.25. The Kier molecular flexibility index (Phi) is 4.49. The van der Waals surface area contributed by atoms with E-state index in [1.54, 1.807) is 17.1 Å². The van der Waals surface area contributed by atoms with Gasteiger partial charge < -0.3 is 5.32 Å². The Morgan fingerprint density at radius 1 is 1.45 bits per heavy atom. The van der Waals surface area contributed by atoms with Gasteiger partial charge in [0.05, 0.1) is 12.2 Å². The number of carbonyl (C=O) groups is 1. The standard InChI is InChI=1S/C14H20N6OS/c1-9(2)12-7-16-14(22-12)17-13(21)11-8-20(19-18-11)10-3-5-15-6-4-10/h7-10,15H,3-6H2,1-2H3,(H,16,17,21). The Labute approximate surface area is 133 Å². The molecule has 2 N–H and O–H groups in total. The molecule has 1 fully saturated rings. The summed E-state index contributed by atoms with van der Waals surface area (Å²) in [5.41, 5.74) is 0.333. The number of nitrogens with one attached hydrogen (secondary N) is 2. The zero-order valence-electron chi connectivity index (χ0n) is 12.7. The van der Waals surface area contributed by atoms with Crippen molar-refractivity contribution in [3.8, 4) is 0 Å². The van der Waals surface area contributed by atoms with E-state index in [4.69, 9.17) is 0 Å². The van der Waals surface area contributed by atoms with Crippen LogP contribution >= 0.6 is 11.3 Å². The Bertz CT molecular complexity index is 643. The summed E-state index contributed by atoms with van der Waals surface area (Å²) in [4.78, 5) is 17.6. The molecule has 0 aliphatic carbocycles. The number of amides is 1. The first-order valence-electron chi connectivity index (χ1n) is 7.53. The summed E-state index contributed by atoms with van der Waals surface area (Å²) in [5.74, 6) is 0.147. The van der Waals surface area contributed by atoms with Crippen LogP contribution in [-0.2, 0) is 0 Å². The van der Waals surface area contributed by atoms with E-state index in [9.17, 15) is 4.79 Å². The van der Waals surface area contributed by atoms with Crippen LogP contribution in [0.25, 0.3) is 0 Å². The Hall–Kier alpha value is -1.80. The quantitative estimate of drug-likeness (QED) is 0.900. The van der Waals surface area contributed by atoms with Crippen LogP contribution in [0.5, 0.6) is 0 Å². The molecule has 2 aromatic rings. The van der Waals surface area contributed by atoms with Gasteiger partial charge in [0.15, 0.2) is 10.8 Å². The number of rotatable bonds is 4. The molecule has 1 aliphatic rings. The summed E-state index contributed by atoms with van der Waals surface area (Å²) in [7, 11) is 0. The predicted molar refractivity (Wildman–Crippen MR) is 85.3 cm³/mol. The minimum absolute atomic E-state index is 0.259. The van der Waals surface area contributed by atoms with Crippen LogP contribution in [-0.4, -0.2) is 39.0 Å². The molecular weight excluding hydrogens is 300 g/mol. The number of aromatic nitrogens is 4. The minimum atomic E-state index is -0.259. The average molecular weight is 320 g/mol. The van der Waals surface area contributed by atoms with Crippen molar-refractivity contribution in [1.82, 2.24) is 25.3 Å². The van der Waals surface area contributed by atoms with Crippen LogP contribution in [0.2, 0.25) is 0 Å². The number of carbonyl (C=O) groups excluding carboxylic acids is 1. The van der Waals surface area contributed by atoms with E-state index < -0.39 is 0 Å². The summed E-state index contributed by atoms with van der Waals surface area (Å²) in [5, 5.41) is 14.8. The van der Waals surface area contributed by atoms with Crippen LogP contribution in [0.3, 0.4) is 0 Å². The summed E-state index contributed by atoms with van der Waals surface area (Å²) >= 11 is 1.49. The summed E-state index contributed by atoms with van der Waals surface area (Å²) in [6.07, 6.45) is 5.54. The first-order valence-corrected chi connectivity index (χ1v) is 8.35. The van der Waals surface area contributed by atoms with Gasteiger partial charge in [0, 0.05) is 11.1 Å². The smallest absolute Gasteiger partial charge is 0.279 e. The van der Waals surface area contributed by atoms with Gasteiger partial charge in [0.2, 0.25) is 0 Å². The maximum absolute atomic E-state index is 12.2. The van der Waals surface area contributed by atoms with Gasteiger partial charge in [-0.1, -0.05) is 19.1 Å². The van der Waals surface area contributed by atoms with Gasteiger partial charge in [-0.2, -0.15) is 0 Å². The van der Waals surface area contributed by atoms with Crippen molar-refractivity contribution < 1.29 is 4.79 Å². The van der Waals surface area contributed by atoms with Gasteiger partial charge in [-0.3, -0.25) is 10.1 Å². The SMILES string of the molecule is CC(C)c1cnc(NC(=O)c2cn(C3CCNCC3)nn2)s1. The normalized spacial score (nSPS) is 16.1. The molecule has 8 heteroatoms. The second-order valence-electron chi connectivity index (χ2n) is 5.74. The van der Waals surface area contributed by atoms with Gasteiger partial charge in [0.1, 0.15) is 0 Å². The van der Waals surface area contributed by atoms with E-state index in [1.807, 2.05) is 0 Å². The number of anilines is 1. The van der Waals surface area contributed by atoms with Gasteiger partial charge in [-0.05, 0) is 31.8 Å². The van der Waals surface area contributed by atoms with Crippen LogP contribution in [0.1, 0.15) is 54.0 Å². The zero-order valence-corrected chi connectivity index (χ0v) is 13.6. The summed E-state index contributed by atoms with van der Waals surface area (Å²) in [6, 6.07) is 0.322. The molecule has 2 aromatic heterocycles. The van der Waals surface area contributed by atoms with E-state index in [0.717, 1.165) is 30.8 Å². The van der Waals surface area contributed by atoms with Crippen LogP contribution in [0, 0.1) is 0 Å². The van der Waals surface area contributed by atoms with Crippen molar-refractivity contribution in [3.63, 3.8) is 0 Å². The predicted octanol–water partition coefficient (Wildman–Crippen LogP) is 2.03. The molecule has 0 radical (unpaired) electrons. The molecule has 0 unspecified atom stereocenters. The topological polar surface area (TPSA) is 84.7 Å². The van der Waals surface area contributed by atoms with E-state index in [1.165, 1.54) is 11.3 Å². The van der Waals surface area contributed by atoms with Crippen LogP contribution in [0.4, 0.5) is 5.13 Å². The Morgan fingerprint density at radius 2 is 2.23 bits per heavy atom. The fourth-order valence-electron chi connectivity index (χ4n) is 2.40. The summed E-state index contributed by atoms with van der Waals surface area (Å²) < 4.78 is 1.80. The van der Waals surface area contributed by atoms with Gasteiger partial charge >= 0.3 is 0 Å². The van der Waals surface area contributed by atoms with E-state index in [-0.39, 0.29) is 5.91 Å². The molecular formula is C14H20N6OS. The number of nitrogens with zero attached hydrogens (tertiary/aromatic N) is 4. The molecule has 0 atom stereocenters. The third-order valence-corrected chi connectivity index (χ3v) is 4.95. The third kappa shape index (κ3) is 3.33. The molecule has 0 saturated carbocycles. The number of piperidine rings is 1. The molecule has 1 amide bonds. The molecule has 1 aliphatic heterocycles. The monoisotopic (exact) mass is 320 g/mol. The zero-order chi connectivity index (χ0) is 15.5. The number of hydrogen-bond donors (Lipinski definition) is 2. The lowest BCUT2D eigenvalue weighted by Crippen LogP contribution is -2.29. The minimum Gasteiger partial charge on any atom is -0.317 e. The summed E-state index contributed by atoms with van der Waals surface area (Å²) in [6.45, 7) is 6.15. The van der Waals surface area contributed by atoms with E-state index >= 15 is 0 Å². The van der Waals surface area contributed by atoms with Crippen molar-refractivity contribution in [2.24, 2.45) is 0 Å². The molecule has 3 rings (SSSR count). The first kappa shape index (κ1) is 15.1. The number of thiazole rings is 1. The van der Waals surface area contributed by atoms with Crippen molar-refractivity contribution in [2.75, 3.05) is 18.4 Å². The second-order valence-corrected chi connectivity index (χ2v) is 6.80.